The first-order valence-corrected chi connectivity index (χ1v) is 15.0. The van der Waals surface area contributed by atoms with Crippen molar-refractivity contribution in [3.63, 3.8) is 0 Å². The summed E-state index contributed by atoms with van der Waals surface area (Å²) in [6.45, 7) is 7.28. The Kier molecular flexibility index (Phi) is 11.1. The van der Waals surface area contributed by atoms with Crippen LogP contribution < -0.4 is 5.32 Å². The molecule has 0 saturated carbocycles. The van der Waals surface area contributed by atoms with Crippen molar-refractivity contribution in [2.75, 3.05) is 45.9 Å². The van der Waals surface area contributed by atoms with Gasteiger partial charge >= 0.3 is 0 Å². The van der Waals surface area contributed by atoms with Crippen molar-refractivity contribution in [2.24, 2.45) is 0 Å². The largest absolute Gasteiger partial charge is 0.379 e. The van der Waals surface area contributed by atoms with Crippen LogP contribution in [0.1, 0.15) is 22.3 Å². The number of rotatable bonds is 13. The molecule has 0 aromatic heterocycles. The lowest BCUT2D eigenvalue weighted by molar-refractivity contribution is -0.126. The molecule has 1 heterocycles. The molecule has 1 saturated heterocycles. The van der Waals surface area contributed by atoms with E-state index in [-0.39, 0.29) is 5.91 Å². The van der Waals surface area contributed by atoms with E-state index in [0.29, 0.717) is 13.1 Å². The Balaban J connectivity index is 1.16. The van der Waals surface area contributed by atoms with Crippen LogP contribution in [0.2, 0.25) is 0 Å². The number of nitrogens with zero attached hydrogens (tertiary/aromatic N) is 2. The number of benzene rings is 4. The van der Waals surface area contributed by atoms with Gasteiger partial charge in [-0.3, -0.25) is 9.69 Å². The quantitative estimate of drug-likeness (QED) is 0.160. The highest BCUT2D eigenvalue weighted by Crippen LogP contribution is 2.21. The Labute approximate surface area is 250 Å². The van der Waals surface area contributed by atoms with Crippen LogP contribution in [-0.4, -0.2) is 61.6 Å². The smallest absolute Gasteiger partial charge is 0.246 e. The van der Waals surface area contributed by atoms with Crippen LogP contribution in [0.25, 0.3) is 17.2 Å². The minimum absolute atomic E-state index is 0.0316. The minimum Gasteiger partial charge on any atom is -0.379 e. The lowest BCUT2D eigenvalue weighted by atomic mass is 10.0. The third-order valence-corrected chi connectivity index (χ3v) is 7.70. The number of amides is 1. The molecule has 5 nitrogen and oxygen atoms in total. The number of carbonyl (C=O) groups excluding carboxylic acids is 1. The van der Waals surface area contributed by atoms with E-state index in [9.17, 15) is 4.79 Å². The Hall–Kier alpha value is -4.03. The molecule has 1 fully saturated rings. The normalized spacial score (nSPS) is 13.8. The first-order valence-electron chi connectivity index (χ1n) is 15.0. The standard InChI is InChI=1S/C37H41N3O2/c41-37(20-15-31-7-3-1-4-8-31)40(24-23-39-25-27-42-28-26-39)30-34-13-18-36(19-14-34)35-16-11-33(12-17-35)29-38-22-21-32-9-5-2-6-10-32/h1-20,38H,21-30H2/b20-15+. The van der Waals surface area contributed by atoms with Gasteiger partial charge in [0.05, 0.1) is 13.2 Å². The molecule has 0 bridgehead atoms. The molecule has 0 spiro atoms. The monoisotopic (exact) mass is 559 g/mol. The summed E-state index contributed by atoms with van der Waals surface area (Å²) >= 11 is 0. The highest BCUT2D eigenvalue weighted by atomic mass is 16.5. The van der Waals surface area contributed by atoms with Crippen LogP contribution in [0.5, 0.6) is 0 Å². The highest BCUT2D eigenvalue weighted by molar-refractivity contribution is 5.91. The number of hydrogen-bond donors (Lipinski definition) is 1. The predicted molar refractivity (Wildman–Crippen MR) is 172 cm³/mol. The van der Waals surface area contributed by atoms with E-state index < -0.39 is 0 Å². The Morgan fingerprint density at radius 1 is 0.762 bits per heavy atom. The summed E-state index contributed by atoms with van der Waals surface area (Å²) < 4.78 is 5.49. The van der Waals surface area contributed by atoms with Crippen LogP contribution in [0.3, 0.4) is 0 Å². The predicted octanol–water partition coefficient (Wildman–Crippen LogP) is 6.06. The van der Waals surface area contributed by atoms with Crippen molar-refractivity contribution >= 4 is 12.0 Å². The Morgan fingerprint density at radius 3 is 2.05 bits per heavy atom. The average molecular weight is 560 g/mol. The zero-order chi connectivity index (χ0) is 28.8. The fourth-order valence-electron chi connectivity index (χ4n) is 5.14. The van der Waals surface area contributed by atoms with Crippen molar-refractivity contribution < 1.29 is 9.53 Å². The van der Waals surface area contributed by atoms with Crippen LogP contribution in [0, 0.1) is 0 Å². The molecular weight excluding hydrogens is 518 g/mol. The second-order valence-corrected chi connectivity index (χ2v) is 10.8. The minimum atomic E-state index is 0.0316. The van der Waals surface area contributed by atoms with E-state index in [2.05, 4.69) is 89.1 Å². The topological polar surface area (TPSA) is 44.8 Å². The second-order valence-electron chi connectivity index (χ2n) is 10.8. The summed E-state index contributed by atoms with van der Waals surface area (Å²) in [5.41, 5.74) is 7.16. The second kappa shape index (κ2) is 15.8. The zero-order valence-corrected chi connectivity index (χ0v) is 24.3. The van der Waals surface area contributed by atoms with E-state index in [1.54, 1.807) is 6.08 Å². The van der Waals surface area contributed by atoms with Crippen molar-refractivity contribution in [1.29, 1.82) is 0 Å². The summed E-state index contributed by atoms with van der Waals surface area (Å²) in [5, 5.41) is 3.55. The molecule has 1 N–H and O–H groups in total. The summed E-state index contributed by atoms with van der Waals surface area (Å²) in [7, 11) is 0. The van der Waals surface area contributed by atoms with Crippen molar-refractivity contribution in [2.45, 2.75) is 19.5 Å². The molecule has 0 radical (unpaired) electrons. The van der Waals surface area contributed by atoms with Gasteiger partial charge in [0.2, 0.25) is 5.91 Å². The van der Waals surface area contributed by atoms with Crippen LogP contribution >= 0.6 is 0 Å². The Morgan fingerprint density at radius 2 is 1.38 bits per heavy atom. The van der Waals surface area contributed by atoms with Gasteiger partial charge in [0.1, 0.15) is 0 Å². The van der Waals surface area contributed by atoms with E-state index in [1.807, 2.05) is 41.3 Å². The van der Waals surface area contributed by atoms with Gasteiger partial charge < -0.3 is 15.0 Å². The van der Waals surface area contributed by atoms with Gasteiger partial charge in [-0.15, -0.1) is 0 Å². The van der Waals surface area contributed by atoms with Crippen LogP contribution in [0.4, 0.5) is 0 Å². The zero-order valence-electron chi connectivity index (χ0n) is 24.3. The molecule has 5 rings (SSSR count). The Bertz CT molecular complexity index is 1380. The highest BCUT2D eigenvalue weighted by Gasteiger charge is 2.16. The first kappa shape index (κ1) is 29.5. The van der Waals surface area contributed by atoms with Gasteiger partial charge in [0, 0.05) is 45.3 Å². The number of carbonyl (C=O) groups is 1. The van der Waals surface area contributed by atoms with Crippen LogP contribution in [0.15, 0.2) is 115 Å². The maximum Gasteiger partial charge on any atom is 0.246 e. The molecule has 1 amide bonds. The van der Waals surface area contributed by atoms with E-state index in [4.69, 9.17) is 4.74 Å². The van der Waals surface area contributed by atoms with Crippen molar-refractivity contribution in [3.8, 4) is 11.1 Å². The lowest BCUT2D eigenvalue weighted by Gasteiger charge is -2.30. The van der Waals surface area contributed by atoms with Gasteiger partial charge in [-0.2, -0.15) is 0 Å². The fourth-order valence-corrected chi connectivity index (χ4v) is 5.14. The first-order chi connectivity index (χ1) is 20.7. The molecule has 4 aromatic rings. The molecule has 4 aromatic carbocycles. The molecule has 42 heavy (non-hydrogen) atoms. The summed E-state index contributed by atoms with van der Waals surface area (Å²) in [4.78, 5) is 17.6. The van der Waals surface area contributed by atoms with Crippen molar-refractivity contribution in [1.82, 2.24) is 15.1 Å². The molecule has 5 heteroatoms. The molecule has 1 aliphatic heterocycles. The van der Waals surface area contributed by atoms with Gasteiger partial charge in [-0.1, -0.05) is 109 Å². The third-order valence-electron chi connectivity index (χ3n) is 7.70. The number of ether oxygens (including phenoxy) is 1. The average Bonchev–Trinajstić information content (AvgIpc) is 3.06. The summed E-state index contributed by atoms with van der Waals surface area (Å²) in [5.74, 6) is 0.0316. The van der Waals surface area contributed by atoms with Gasteiger partial charge in [0.15, 0.2) is 0 Å². The van der Waals surface area contributed by atoms with Crippen LogP contribution in [-0.2, 0) is 29.0 Å². The van der Waals surface area contributed by atoms with E-state index >= 15 is 0 Å². The SMILES string of the molecule is O=C(/C=C/c1ccccc1)N(CCN1CCOCC1)Cc1ccc(-c2ccc(CNCCc3ccccc3)cc2)cc1. The molecular formula is C37H41N3O2. The number of nitrogens with one attached hydrogen (secondary N) is 1. The number of hydrogen-bond acceptors (Lipinski definition) is 4. The molecule has 0 aliphatic carbocycles. The van der Waals surface area contributed by atoms with Gasteiger partial charge in [0.25, 0.3) is 0 Å². The van der Waals surface area contributed by atoms with E-state index in [1.165, 1.54) is 22.3 Å². The summed E-state index contributed by atoms with van der Waals surface area (Å²) in [6, 6.07) is 37.9. The third kappa shape index (κ3) is 9.25. The molecule has 0 unspecified atom stereocenters. The summed E-state index contributed by atoms with van der Waals surface area (Å²) in [6.07, 6.45) is 4.63. The maximum atomic E-state index is 13.3. The molecule has 1 aliphatic rings. The van der Waals surface area contributed by atoms with Gasteiger partial charge in [-0.05, 0) is 52.4 Å². The van der Waals surface area contributed by atoms with Crippen molar-refractivity contribution in [3.05, 3.63) is 138 Å². The fraction of sp³-hybridized carbons (Fsp3) is 0.270. The lowest BCUT2D eigenvalue weighted by Crippen LogP contribution is -2.42. The molecule has 0 atom stereocenters. The van der Waals surface area contributed by atoms with Gasteiger partial charge in [-0.25, -0.2) is 0 Å². The molecule has 216 valence electrons. The number of morpholine rings is 1. The maximum absolute atomic E-state index is 13.3. The van der Waals surface area contributed by atoms with E-state index in [0.717, 1.165) is 63.5 Å².